The number of hydrogen-bond acceptors (Lipinski definition) is 4. The molecule has 3 nitrogen and oxygen atoms in total. The molecule has 0 saturated carbocycles. The van der Waals surface area contributed by atoms with Gasteiger partial charge in [-0.3, -0.25) is 0 Å². The fourth-order valence-electron chi connectivity index (χ4n) is 1.53. The summed E-state index contributed by atoms with van der Waals surface area (Å²) >= 11 is 1.77. The van der Waals surface area contributed by atoms with Crippen molar-refractivity contribution in [2.24, 2.45) is 5.41 Å². The molecular formula is C13H25N3S. The van der Waals surface area contributed by atoms with Gasteiger partial charge in [0.05, 0.1) is 0 Å². The van der Waals surface area contributed by atoms with Crippen molar-refractivity contribution in [2.45, 2.75) is 46.7 Å². The number of hydrogen-bond donors (Lipinski definition) is 1. The number of aromatic nitrogens is 1. The average molecular weight is 255 g/mol. The summed E-state index contributed by atoms with van der Waals surface area (Å²) < 4.78 is 0. The Morgan fingerprint density at radius 3 is 2.41 bits per heavy atom. The van der Waals surface area contributed by atoms with Gasteiger partial charge < -0.3 is 10.2 Å². The zero-order valence-electron chi connectivity index (χ0n) is 12.0. The van der Waals surface area contributed by atoms with E-state index < -0.39 is 0 Å². The van der Waals surface area contributed by atoms with Crippen LogP contribution in [0.25, 0.3) is 0 Å². The van der Waals surface area contributed by atoms with Crippen LogP contribution in [-0.2, 0) is 0 Å². The third-order valence-corrected chi connectivity index (χ3v) is 4.78. The van der Waals surface area contributed by atoms with Gasteiger partial charge in [0.25, 0.3) is 0 Å². The highest BCUT2D eigenvalue weighted by Crippen LogP contribution is 2.31. The summed E-state index contributed by atoms with van der Waals surface area (Å²) in [7, 11) is 4.11. The van der Waals surface area contributed by atoms with E-state index in [1.54, 1.807) is 11.3 Å². The first-order valence-electron chi connectivity index (χ1n) is 6.13. The molecule has 0 spiro atoms. The van der Waals surface area contributed by atoms with Gasteiger partial charge in [-0.2, -0.15) is 0 Å². The Morgan fingerprint density at radius 1 is 1.35 bits per heavy atom. The lowest BCUT2D eigenvalue weighted by Gasteiger charge is -2.35. The molecule has 2 unspecified atom stereocenters. The first-order valence-corrected chi connectivity index (χ1v) is 6.94. The SMILES string of the molecule is CNC(C)c1cnc(N(C)C(C)C(C)(C)C)s1. The second-order valence-electron chi connectivity index (χ2n) is 5.71. The van der Waals surface area contributed by atoms with Gasteiger partial charge >= 0.3 is 0 Å². The number of nitrogens with zero attached hydrogens (tertiary/aromatic N) is 2. The van der Waals surface area contributed by atoms with Gasteiger partial charge in [-0.05, 0) is 26.3 Å². The maximum atomic E-state index is 4.52. The van der Waals surface area contributed by atoms with Gasteiger partial charge in [0.1, 0.15) is 0 Å². The molecule has 4 heteroatoms. The second kappa shape index (κ2) is 5.36. The van der Waals surface area contributed by atoms with Crippen LogP contribution in [0.4, 0.5) is 5.13 Å². The lowest BCUT2D eigenvalue weighted by atomic mass is 9.87. The van der Waals surface area contributed by atoms with Gasteiger partial charge in [0.15, 0.2) is 5.13 Å². The number of thiazole rings is 1. The van der Waals surface area contributed by atoms with Crippen LogP contribution in [0.15, 0.2) is 6.20 Å². The molecule has 0 bridgehead atoms. The molecule has 2 atom stereocenters. The first kappa shape index (κ1) is 14.5. The van der Waals surface area contributed by atoms with Gasteiger partial charge in [-0.1, -0.05) is 20.8 Å². The molecule has 0 fully saturated rings. The molecule has 98 valence electrons. The maximum absolute atomic E-state index is 4.52. The van der Waals surface area contributed by atoms with Crippen LogP contribution in [0.1, 0.15) is 45.5 Å². The minimum absolute atomic E-state index is 0.259. The molecule has 0 saturated heterocycles. The van der Waals surface area contributed by atoms with Crippen LogP contribution >= 0.6 is 11.3 Å². The third kappa shape index (κ3) is 3.42. The largest absolute Gasteiger partial charge is 0.348 e. The average Bonchev–Trinajstić information content (AvgIpc) is 2.73. The summed E-state index contributed by atoms with van der Waals surface area (Å²) in [6.45, 7) is 11.2. The third-order valence-electron chi connectivity index (χ3n) is 3.51. The molecule has 17 heavy (non-hydrogen) atoms. The van der Waals surface area contributed by atoms with Crippen molar-refractivity contribution >= 4 is 16.5 Å². The highest BCUT2D eigenvalue weighted by atomic mass is 32.1. The van der Waals surface area contributed by atoms with E-state index in [9.17, 15) is 0 Å². The van der Waals surface area contributed by atoms with E-state index in [4.69, 9.17) is 0 Å². The summed E-state index contributed by atoms with van der Waals surface area (Å²) in [6, 6.07) is 0.839. The molecule has 1 N–H and O–H groups in total. The lowest BCUT2D eigenvalue weighted by Crippen LogP contribution is -2.39. The molecule has 0 aromatic carbocycles. The van der Waals surface area contributed by atoms with E-state index in [2.05, 4.69) is 56.9 Å². The highest BCUT2D eigenvalue weighted by molar-refractivity contribution is 7.15. The van der Waals surface area contributed by atoms with Crippen molar-refractivity contribution in [3.63, 3.8) is 0 Å². The zero-order chi connectivity index (χ0) is 13.2. The summed E-state index contributed by atoms with van der Waals surface area (Å²) in [6.07, 6.45) is 1.98. The normalized spacial score (nSPS) is 15.7. The van der Waals surface area contributed by atoms with Crippen LogP contribution in [-0.4, -0.2) is 25.1 Å². The van der Waals surface area contributed by atoms with Crippen molar-refractivity contribution in [1.82, 2.24) is 10.3 Å². The molecule has 0 aliphatic rings. The summed E-state index contributed by atoms with van der Waals surface area (Å²) in [5.74, 6) is 0. The summed E-state index contributed by atoms with van der Waals surface area (Å²) in [5, 5.41) is 4.35. The number of anilines is 1. The van der Waals surface area contributed by atoms with E-state index in [0.29, 0.717) is 12.1 Å². The van der Waals surface area contributed by atoms with Crippen molar-refractivity contribution in [3.8, 4) is 0 Å². The number of nitrogens with one attached hydrogen (secondary N) is 1. The second-order valence-corrected chi connectivity index (χ2v) is 6.75. The Bertz CT molecular complexity index is 354. The molecule has 1 aromatic heterocycles. The molecule has 1 aromatic rings. The van der Waals surface area contributed by atoms with Crippen molar-refractivity contribution in [1.29, 1.82) is 0 Å². The van der Waals surface area contributed by atoms with Crippen LogP contribution in [0.2, 0.25) is 0 Å². The molecule has 1 rings (SSSR count). The molecule has 1 heterocycles. The van der Waals surface area contributed by atoms with Crippen molar-refractivity contribution in [2.75, 3.05) is 19.0 Å². The highest BCUT2D eigenvalue weighted by Gasteiger charge is 2.25. The Morgan fingerprint density at radius 2 is 1.94 bits per heavy atom. The van der Waals surface area contributed by atoms with E-state index in [1.165, 1.54) is 4.88 Å². The van der Waals surface area contributed by atoms with Crippen molar-refractivity contribution < 1.29 is 0 Å². The van der Waals surface area contributed by atoms with E-state index in [-0.39, 0.29) is 5.41 Å². The van der Waals surface area contributed by atoms with Gasteiger partial charge in [0.2, 0.25) is 0 Å². The molecule has 0 radical (unpaired) electrons. The van der Waals surface area contributed by atoms with Crippen LogP contribution < -0.4 is 10.2 Å². The van der Waals surface area contributed by atoms with Crippen LogP contribution in [0, 0.1) is 5.41 Å². The number of rotatable bonds is 4. The van der Waals surface area contributed by atoms with Gasteiger partial charge in [-0.25, -0.2) is 4.98 Å². The Balaban J connectivity index is 2.83. The van der Waals surface area contributed by atoms with E-state index >= 15 is 0 Å². The Hall–Kier alpha value is -0.610. The smallest absolute Gasteiger partial charge is 0.185 e. The molecule has 0 aliphatic carbocycles. The topological polar surface area (TPSA) is 28.2 Å². The minimum atomic E-state index is 0.259. The quantitative estimate of drug-likeness (QED) is 0.895. The van der Waals surface area contributed by atoms with E-state index in [0.717, 1.165) is 5.13 Å². The predicted octanol–water partition coefficient (Wildman–Crippen LogP) is 3.29. The monoisotopic (exact) mass is 255 g/mol. The fraction of sp³-hybridized carbons (Fsp3) is 0.769. The molecule has 0 amide bonds. The first-order chi connectivity index (χ1) is 7.77. The molecular weight excluding hydrogens is 230 g/mol. The summed E-state index contributed by atoms with van der Waals surface area (Å²) in [4.78, 5) is 8.09. The van der Waals surface area contributed by atoms with Crippen molar-refractivity contribution in [3.05, 3.63) is 11.1 Å². The van der Waals surface area contributed by atoms with E-state index in [1.807, 2.05) is 13.2 Å². The lowest BCUT2D eigenvalue weighted by molar-refractivity contribution is 0.329. The summed E-state index contributed by atoms with van der Waals surface area (Å²) in [5.41, 5.74) is 0.259. The van der Waals surface area contributed by atoms with Gasteiger partial charge in [0, 0.05) is 30.2 Å². The zero-order valence-corrected chi connectivity index (χ0v) is 12.9. The molecule has 0 aliphatic heterocycles. The minimum Gasteiger partial charge on any atom is -0.348 e. The van der Waals surface area contributed by atoms with Crippen LogP contribution in [0.3, 0.4) is 0 Å². The fourth-order valence-corrected chi connectivity index (χ4v) is 2.55. The predicted molar refractivity (Wildman–Crippen MR) is 76.9 cm³/mol. The van der Waals surface area contributed by atoms with Crippen LogP contribution in [0.5, 0.6) is 0 Å². The van der Waals surface area contributed by atoms with Gasteiger partial charge in [-0.15, -0.1) is 11.3 Å². The standard InChI is InChI=1S/C13H25N3S/c1-9(14-6)11-8-15-12(17-11)16(7)10(2)13(3,4)5/h8-10,14H,1-7H3. The Kier molecular flexibility index (Phi) is 4.55. The maximum Gasteiger partial charge on any atom is 0.185 e. The Labute approximate surface area is 109 Å².